The Labute approximate surface area is 147 Å². The minimum atomic E-state index is 0.0746. The second kappa shape index (κ2) is 11.1. The zero-order valence-corrected chi connectivity index (χ0v) is 16.0. The minimum Gasteiger partial charge on any atom is -0.507 e. The van der Waals surface area contributed by atoms with Crippen molar-refractivity contribution in [3.05, 3.63) is 22.8 Å². The molecule has 0 saturated carbocycles. The lowest BCUT2D eigenvalue weighted by Gasteiger charge is -2.14. The smallest absolute Gasteiger partial charge is 0.224 e. The maximum absolute atomic E-state index is 12.1. The summed E-state index contributed by atoms with van der Waals surface area (Å²) < 4.78 is 0. The van der Waals surface area contributed by atoms with Crippen LogP contribution in [0, 0.1) is 20.8 Å². The van der Waals surface area contributed by atoms with Crippen molar-refractivity contribution in [2.75, 3.05) is 5.32 Å². The van der Waals surface area contributed by atoms with Crippen LogP contribution in [0.15, 0.2) is 6.07 Å². The van der Waals surface area contributed by atoms with Crippen LogP contribution in [0.1, 0.15) is 87.8 Å². The van der Waals surface area contributed by atoms with Gasteiger partial charge in [0.25, 0.3) is 0 Å². The zero-order chi connectivity index (χ0) is 17.9. The predicted molar refractivity (Wildman–Crippen MR) is 103 cm³/mol. The first-order chi connectivity index (χ1) is 11.5. The van der Waals surface area contributed by atoms with Crippen molar-refractivity contribution in [2.24, 2.45) is 0 Å². The first-order valence-electron chi connectivity index (χ1n) is 9.57. The van der Waals surface area contributed by atoms with Gasteiger partial charge in [-0.1, -0.05) is 58.3 Å². The highest BCUT2D eigenvalue weighted by atomic mass is 16.3. The average Bonchev–Trinajstić information content (AvgIpc) is 2.56. The Morgan fingerprint density at radius 3 is 2.04 bits per heavy atom. The predicted octanol–water partition coefficient (Wildman–Crippen LogP) is 6.18. The lowest BCUT2D eigenvalue weighted by atomic mass is 10.0. The lowest BCUT2D eigenvalue weighted by molar-refractivity contribution is -0.116. The van der Waals surface area contributed by atoms with Crippen LogP contribution < -0.4 is 5.32 Å². The van der Waals surface area contributed by atoms with Crippen molar-refractivity contribution < 1.29 is 9.90 Å². The Hall–Kier alpha value is -1.51. The molecule has 136 valence electrons. The molecule has 0 spiro atoms. The summed E-state index contributed by atoms with van der Waals surface area (Å²) in [5.74, 6) is 0.398. The molecule has 2 N–H and O–H groups in total. The van der Waals surface area contributed by atoms with Crippen molar-refractivity contribution >= 4 is 11.6 Å². The Morgan fingerprint density at radius 2 is 1.46 bits per heavy atom. The molecular formula is C21H35NO2. The summed E-state index contributed by atoms with van der Waals surface area (Å²) in [7, 11) is 0. The summed E-state index contributed by atoms with van der Waals surface area (Å²) >= 11 is 0. The van der Waals surface area contributed by atoms with Gasteiger partial charge in [-0.15, -0.1) is 0 Å². The number of nitrogens with one attached hydrogen (secondary N) is 1. The second-order valence-corrected chi connectivity index (χ2v) is 6.97. The SMILES string of the molecule is CCCCCCCCCCCC(=O)Nc1cc(C)c(O)c(C)c1C. The van der Waals surface area contributed by atoms with E-state index < -0.39 is 0 Å². The van der Waals surface area contributed by atoms with Gasteiger partial charge in [0, 0.05) is 12.1 Å². The number of phenolic OH excluding ortho intramolecular Hbond substituents is 1. The molecule has 0 unspecified atom stereocenters. The Morgan fingerprint density at radius 1 is 0.917 bits per heavy atom. The van der Waals surface area contributed by atoms with Crippen molar-refractivity contribution in [3.8, 4) is 5.75 Å². The molecule has 3 nitrogen and oxygen atoms in total. The molecule has 1 aromatic rings. The highest BCUT2D eigenvalue weighted by molar-refractivity contribution is 5.92. The van der Waals surface area contributed by atoms with E-state index in [1.54, 1.807) is 0 Å². The van der Waals surface area contributed by atoms with Crippen LogP contribution in [0.2, 0.25) is 0 Å². The third-order valence-electron chi connectivity index (χ3n) is 4.84. The van der Waals surface area contributed by atoms with Gasteiger partial charge in [0.05, 0.1) is 0 Å². The van der Waals surface area contributed by atoms with E-state index >= 15 is 0 Å². The molecule has 0 heterocycles. The van der Waals surface area contributed by atoms with Crippen LogP contribution in [0.25, 0.3) is 0 Å². The number of carbonyl (C=O) groups is 1. The number of unbranched alkanes of at least 4 members (excludes halogenated alkanes) is 8. The van der Waals surface area contributed by atoms with E-state index in [1.807, 2.05) is 26.8 Å². The van der Waals surface area contributed by atoms with Gasteiger partial charge in [-0.25, -0.2) is 0 Å². The number of anilines is 1. The van der Waals surface area contributed by atoms with Gasteiger partial charge >= 0.3 is 0 Å². The maximum Gasteiger partial charge on any atom is 0.224 e. The van der Waals surface area contributed by atoms with E-state index in [2.05, 4.69) is 12.2 Å². The van der Waals surface area contributed by atoms with Crippen LogP contribution in [0.3, 0.4) is 0 Å². The minimum absolute atomic E-state index is 0.0746. The van der Waals surface area contributed by atoms with Gasteiger partial charge in [0.2, 0.25) is 5.91 Å². The fourth-order valence-corrected chi connectivity index (χ4v) is 3.01. The molecule has 0 atom stereocenters. The topological polar surface area (TPSA) is 49.3 Å². The third kappa shape index (κ3) is 6.94. The van der Waals surface area contributed by atoms with Gasteiger partial charge in [-0.05, 0) is 49.9 Å². The molecule has 0 aliphatic carbocycles. The summed E-state index contributed by atoms with van der Waals surface area (Å²) in [6.45, 7) is 7.92. The highest BCUT2D eigenvalue weighted by Gasteiger charge is 2.11. The summed E-state index contributed by atoms with van der Waals surface area (Å²) in [6.07, 6.45) is 11.9. The molecule has 1 aromatic carbocycles. The molecule has 1 amide bonds. The van der Waals surface area contributed by atoms with Crippen LogP contribution in [0.5, 0.6) is 5.75 Å². The highest BCUT2D eigenvalue weighted by Crippen LogP contribution is 2.30. The molecule has 3 heteroatoms. The van der Waals surface area contributed by atoms with Crippen molar-refractivity contribution in [1.29, 1.82) is 0 Å². The first-order valence-corrected chi connectivity index (χ1v) is 9.57. The van der Waals surface area contributed by atoms with Gasteiger partial charge in [-0.2, -0.15) is 0 Å². The number of rotatable bonds is 11. The van der Waals surface area contributed by atoms with Gasteiger partial charge in [0.15, 0.2) is 0 Å². The fourth-order valence-electron chi connectivity index (χ4n) is 3.01. The largest absolute Gasteiger partial charge is 0.507 e. The fraction of sp³-hybridized carbons (Fsp3) is 0.667. The van der Waals surface area contributed by atoms with Crippen LogP contribution >= 0.6 is 0 Å². The van der Waals surface area contributed by atoms with Crippen LogP contribution in [-0.2, 0) is 4.79 Å². The number of hydrogen-bond acceptors (Lipinski definition) is 2. The number of aromatic hydroxyl groups is 1. The van der Waals surface area contributed by atoms with Gasteiger partial charge in [-0.3, -0.25) is 4.79 Å². The van der Waals surface area contributed by atoms with Crippen LogP contribution in [0.4, 0.5) is 5.69 Å². The number of amides is 1. The number of hydrogen-bond donors (Lipinski definition) is 2. The first kappa shape index (κ1) is 20.5. The van der Waals surface area contributed by atoms with Crippen molar-refractivity contribution in [3.63, 3.8) is 0 Å². The quantitative estimate of drug-likeness (QED) is 0.375. The maximum atomic E-state index is 12.1. The summed E-state index contributed by atoms with van der Waals surface area (Å²) in [5.41, 5.74) is 3.41. The molecule has 0 bridgehead atoms. The van der Waals surface area contributed by atoms with E-state index in [0.29, 0.717) is 12.2 Å². The van der Waals surface area contributed by atoms with E-state index in [9.17, 15) is 9.90 Å². The zero-order valence-electron chi connectivity index (χ0n) is 16.0. The monoisotopic (exact) mass is 333 g/mol. The number of aryl methyl sites for hydroxylation is 1. The Balaban J connectivity index is 2.23. The average molecular weight is 334 g/mol. The normalized spacial score (nSPS) is 10.8. The molecule has 0 saturated heterocycles. The number of benzene rings is 1. The summed E-state index contributed by atoms with van der Waals surface area (Å²) in [5, 5.41) is 12.9. The molecule has 0 aliphatic rings. The summed E-state index contributed by atoms with van der Waals surface area (Å²) in [4.78, 5) is 12.1. The molecule has 0 fully saturated rings. The van der Waals surface area contributed by atoms with Crippen molar-refractivity contribution in [2.45, 2.75) is 91.9 Å². The van der Waals surface area contributed by atoms with E-state index in [1.165, 1.54) is 44.9 Å². The number of phenols is 1. The molecular weight excluding hydrogens is 298 g/mol. The molecule has 24 heavy (non-hydrogen) atoms. The summed E-state index contributed by atoms with van der Waals surface area (Å²) in [6, 6.07) is 1.85. The molecule has 0 aliphatic heterocycles. The lowest BCUT2D eigenvalue weighted by Crippen LogP contribution is -2.12. The molecule has 0 aromatic heterocycles. The Kier molecular flexibility index (Phi) is 9.51. The van der Waals surface area contributed by atoms with E-state index in [4.69, 9.17) is 0 Å². The van der Waals surface area contributed by atoms with E-state index in [-0.39, 0.29) is 5.91 Å². The molecule has 0 radical (unpaired) electrons. The van der Waals surface area contributed by atoms with Crippen molar-refractivity contribution in [1.82, 2.24) is 0 Å². The van der Waals surface area contributed by atoms with Gasteiger partial charge in [0.1, 0.15) is 5.75 Å². The molecule has 1 rings (SSSR count). The van der Waals surface area contributed by atoms with Gasteiger partial charge < -0.3 is 10.4 Å². The van der Waals surface area contributed by atoms with E-state index in [0.717, 1.165) is 35.2 Å². The standard InChI is InChI=1S/C21H35NO2/c1-5-6-7-8-9-10-11-12-13-14-20(23)22-19-15-16(2)21(24)18(4)17(19)3/h15,24H,5-14H2,1-4H3,(H,22,23). The van der Waals surface area contributed by atoms with Crippen LogP contribution in [-0.4, -0.2) is 11.0 Å². The Bertz CT molecular complexity index is 523. The second-order valence-electron chi connectivity index (χ2n) is 6.97. The third-order valence-corrected chi connectivity index (χ3v) is 4.84. The number of carbonyl (C=O) groups excluding carboxylic acids is 1.